The summed E-state index contributed by atoms with van der Waals surface area (Å²) < 4.78 is 62.6. The van der Waals surface area contributed by atoms with Gasteiger partial charge in [-0.1, -0.05) is 0 Å². The smallest absolute Gasteiger partial charge is 0.342 e. The van der Waals surface area contributed by atoms with E-state index in [9.17, 15) is 31.5 Å². The Hall–Kier alpha value is -1.41. The Morgan fingerprint density at radius 3 is 2.05 bits per heavy atom. The fourth-order valence-corrected chi connectivity index (χ4v) is 1.86. The number of carbonyl (C=O) groups is 2. The lowest BCUT2D eigenvalue weighted by molar-refractivity contribution is -0.276. The van der Waals surface area contributed by atoms with E-state index in [2.05, 4.69) is 0 Å². The highest BCUT2D eigenvalue weighted by Crippen LogP contribution is 2.38. The molecule has 1 fully saturated rings. The molecule has 0 aromatic carbocycles. The summed E-state index contributed by atoms with van der Waals surface area (Å²) in [5.74, 6) is -8.59. The second kappa shape index (κ2) is 4.31. The minimum Gasteiger partial charge on any atom is -0.342 e. The molecule has 1 heterocycles. The molecule has 1 saturated heterocycles. The molecule has 0 atom stereocenters. The molecule has 0 aliphatic carbocycles. The second-order valence-electron chi connectivity index (χ2n) is 4.81. The molecular weight excluding hydrogens is 275 g/mol. The predicted molar refractivity (Wildman–Crippen MR) is 54.4 cm³/mol. The lowest BCUT2D eigenvalue weighted by atomic mass is 9.96. The van der Waals surface area contributed by atoms with Crippen molar-refractivity contribution < 1.29 is 31.5 Å². The van der Waals surface area contributed by atoms with E-state index < -0.39 is 29.5 Å². The average molecular weight is 288 g/mol. The van der Waals surface area contributed by atoms with Crippen LogP contribution in [0.1, 0.15) is 13.8 Å². The molecule has 2 amide bonds. The third-order valence-corrected chi connectivity index (χ3v) is 3.07. The molecule has 0 bridgehead atoms. The number of nitrogens with zero attached hydrogens (tertiary/aromatic N) is 2. The van der Waals surface area contributed by atoms with Gasteiger partial charge >= 0.3 is 18.0 Å². The number of piperazine rings is 1. The molecule has 1 aliphatic heterocycles. The molecule has 1 rings (SSSR count). The third kappa shape index (κ3) is 2.37. The Balaban J connectivity index is 3.10. The van der Waals surface area contributed by atoms with Gasteiger partial charge in [0.1, 0.15) is 5.54 Å². The van der Waals surface area contributed by atoms with Gasteiger partial charge in [-0.2, -0.15) is 22.0 Å². The Bertz CT molecular complexity index is 405. The first-order chi connectivity index (χ1) is 8.33. The summed E-state index contributed by atoms with van der Waals surface area (Å²) in [5, 5.41) is 0. The van der Waals surface area contributed by atoms with Crippen molar-refractivity contribution in [2.45, 2.75) is 31.5 Å². The molecule has 0 radical (unpaired) electrons. The van der Waals surface area contributed by atoms with Gasteiger partial charge in [-0.3, -0.25) is 9.59 Å². The van der Waals surface area contributed by atoms with Crippen LogP contribution in [0.3, 0.4) is 0 Å². The molecule has 0 unspecified atom stereocenters. The molecule has 0 N–H and O–H groups in total. The fourth-order valence-electron chi connectivity index (χ4n) is 1.86. The van der Waals surface area contributed by atoms with Gasteiger partial charge in [-0.25, -0.2) is 0 Å². The van der Waals surface area contributed by atoms with E-state index in [4.69, 9.17) is 0 Å². The van der Waals surface area contributed by atoms with E-state index in [-0.39, 0.29) is 18.0 Å². The summed E-state index contributed by atoms with van der Waals surface area (Å²) in [6.45, 7) is 1.80. The standard InChI is InChI=1S/C10H13F5N2O2/c1-8(2)6(18)16(3)4-5-17(8)7(19)9(11,12)10(13,14)15/h4-5H2,1-3H3. The lowest BCUT2D eigenvalue weighted by Crippen LogP contribution is -2.67. The lowest BCUT2D eigenvalue weighted by Gasteiger charge is -2.45. The minimum atomic E-state index is -5.98. The third-order valence-electron chi connectivity index (χ3n) is 3.07. The predicted octanol–water partition coefficient (Wildman–Crippen LogP) is 1.26. The van der Waals surface area contributed by atoms with Gasteiger partial charge < -0.3 is 9.80 Å². The van der Waals surface area contributed by atoms with Gasteiger partial charge in [-0.15, -0.1) is 0 Å². The number of hydrogen-bond acceptors (Lipinski definition) is 2. The Morgan fingerprint density at radius 2 is 1.63 bits per heavy atom. The molecule has 4 nitrogen and oxygen atoms in total. The maximum absolute atomic E-state index is 13.0. The Labute approximate surface area is 106 Å². The van der Waals surface area contributed by atoms with E-state index in [0.29, 0.717) is 0 Å². The highest BCUT2D eigenvalue weighted by Gasteiger charge is 2.66. The maximum Gasteiger partial charge on any atom is 0.463 e. The van der Waals surface area contributed by atoms with E-state index in [1.54, 1.807) is 0 Å². The van der Waals surface area contributed by atoms with Gasteiger partial charge in [0.2, 0.25) is 5.91 Å². The van der Waals surface area contributed by atoms with Crippen molar-refractivity contribution in [3.63, 3.8) is 0 Å². The van der Waals surface area contributed by atoms with Crippen LogP contribution in [-0.4, -0.2) is 59.4 Å². The summed E-state index contributed by atoms with van der Waals surface area (Å²) in [7, 11) is 1.38. The normalized spacial score (nSPS) is 20.7. The van der Waals surface area contributed by atoms with Crippen molar-refractivity contribution in [2.75, 3.05) is 20.1 Å². The van der Waals surface area contributed by atoms with Crippen molar-refractivity contribution in [3.8, 4) is 0 Å². The van der Waals surface area contributed by atoms with Crippen molar-refractivity contribution in [1.29, 1.82) is 0 Å². The molecule has 0 aromatic rings. The van der Waals surface area contributed by atoms with E-state index in [1.807, 2.05) is 0 Å². The molecule has 0 spiro atoms. The number of hydrogen-bond donors (Lipinski definition) is 0. The van der Waals surface area contributed by atoms with Crippen LogP contribution in [0.4, 0.5) is 22.0 Å². The van der Waals surface area contributed by atoms with Crippen molar-refractivity contribution >= 4 is 11.8 Å². The highest BCUT2D eigenvalue weighted by atomic mass is 19.4. The van der Waals surface area contributed by atoms with Crippen LogP contribution in [0.15, 0.2) is 0 Å². The van der Waals surface area contributed by atoms with Gasteiger partial charge in [0, 0.05) is 20.1 Å². The first-order valence-corrected chi connectivity index (χ1v) is 5.35. The summed E-state index contributed by atoms with van der Waals surface area (Å²) in [6, 6.07) is 0. The van der Waals surface area contributed by atoms with E-state index >= 15 is 0 Å². The Kier molecular flexibility index (Phi) is 3.55. The van der Waals surface area contributed by atoms with Gasteiger partial charge in [0.25, 0.3) is 0 Å². The topological polar surface area (TPSA) is 40.6 Å². The summed E-state index contributed by atoms with van der Waals surface area (Å²) in [6.07, 6.45) is -5.98. The number of likely N-dealkylation sites (N-methyl/N-ethyl adjacent to an activating group) is 1. The van der Waals surface area contributed by atoms with E-state index in [0.717, 1.165) is 13.8 Å². The monoisotopic (exact) mass is 288 g/mol. The van der Waals surface area contributed by atoms with E-state index in [1.165, 1.54) is 11.9 Å². The number of carbonyl (C=O) groups excluding carboxylic acids is 2. The first kappa shape index (κ1) is 15.6. The van der Waals surface area contributed by atoms with Crippen LogP contribution >= 0.6 is 0 Å². The largest absolute Gasteiger partial charge is 0.463 e. The van der Waals surface area contributed by atoms with Gasteiger partial charge in [0.15, 0.2) is 0 Å². The maximum atomic E-state index is 13.0. The molecule has 1 aliphatic rings. The Morgan fingerprint density at radius 1 is 1.16 bits per heavy atom. The highest BCUT2D eigenvalue weighted by molar-refractivity contribution is 5.94. The molecular formula is C10H13F5N2O2. The quantitative estimate of drug-likeness (QED) is 0.682. The van der Waals surface area contributed by atoms with Crippen molar-refractivity contribution in [2.24, 2.45) is 0 Å². The molecule has 9 heteroatoms. The molecule has 0 saturated carbocycles. The van der Waals surface area contributed by atoms with Crippen LogP contribution in [0.25, 0.3) is 0 Å². The average Bonchev–Trinajstić information content (AvgIpc) is 2.23. The summed E-state index contributed by atoms with van der Waals surface area (Å²) in [4.78, 5) is 24.6. The molecule has 110 valence electrons. The van der Waals surface area contributed by atoms with Crippen LogP contribution in [0.2, 0.25) is 0 Å². The fraction of sp³-hybridized carbons (Fsp3) is 0.800. The zero-order valence-corrected chi connectivity index (χ0v) is 10.5. The molecule has 19 heavy (non-hydrogen) atoms. The minimum absolute atomic E-state index is 0.0953. The number of amides is 2. The SMILES string of the molecule is CN1CCN(C(=O)C(F)(F)C(F)(F)F)C(C)(C)C1=O. The molecule has 0 aromatic heterocycles. The number of halogens is 5. The number of alkyl halides is 5. The second-order valence-corrected chi connectivity index (χ2v) is 4.81. The van der Waals surface area contributed by atoms with Crippen LogP contribution in [0, 0.1) is 0 Å². The summed E-state index contributed by atoms with van der Waals surface area (Å²) >= 11 is 0. The number of rotatable bonds is 1. The zero-order valence-electron chi connectivity index (χ0n) is 10.5. The van der Waals surface area contributed by atoms with Gasteiger partial charge in [-0.05, 0) is 13.8 Å². The van der Waals surface area contributed by atoms with Crippen LogP contribution in [0.5, 0.6) is 0 Å². The van der Waals surface area contributed by atoms with Crippen LogP contribution < -0.4 is 0 Å². The van der Waals surface area contributed by atoms with Gasteiger partial charge in [0.05, 0.1) is 0 Å². The zero-order chi connectivity index (χ0) is 15.2. The summed E-state index contributed by atoms with van der Waals surface area (Å²) in [5.41, 5.74) is -1.74. The first-order valence-electron chi connectivity index (χ1n) is 5.35. The van der Waals surface area contributed by atoms with Crippen LogP contribution in [-0.2, 0) is 9.59 Å². The van der Waals surface area contributed by atoms with Crippen molar-refractivity contribution in [1.82, 2.24) is 9.80 Å². The van der Waals surface area contributed by atoms with Crippen molar-refractivity contribution in [3.05, 3.63) is 0 Å².